The van der Waals surface area contributed by atoms with E-state index in [0.717, 1.165) is 24.0 Å². The fraction of sp³-hybridized carbons (Fsp3) is 0.381. The van der Waals surface area contributed by atoms with Crippen LogP contribution in [-0.4, -0.2) is 38.1 Å². The van der Waals surface area contributed by atoms with Crippen LogP contribution in [0.4, 0.5) is 0 Å². The van der Waals surface area contributed by atoms with Crippen molar-refractivity contribution >= 4 is 15.7 Å². The molecule has 2 aromatic rings. The van der Waals surface area contributed by atoms with Gasteiger partial charge < -0.3 is 4.90 Å². The Balaban J connectivity index is 1.54. The van der Waals surface area contributed by atoms with Gasteiger partial charge in [-0.05, 0) is 48.9 Å². The lowest BCUT2D eigenvalue weighted by Crippen LogP contribution is -2.40. The molecule has 0 saturated carbocycles. The molecule has 1 fully saturated rings. The molecule has 4 nitrogen and oxygen atoms in total. The van der Waals surface area contributed by atoms with E-state index in [1.165, 1.54) is 0 Å². The Morgan fingerprint density at radius 3 is 2.27 bits per heavy atom. The molecule has 0 radical (unpaired) electrons. The van der Waals surface area contributed by atoms with Gasteiger partial charge in [0.15, 0.2) is 9.84 Å². The number of piperidine rings is 1. The molecule has 138 valence electrons. The van der Waals surface area contributed by atoms with Crippen molar-refractivity contribution in [2.45, 2.75) is 31.1 Å². The van der Waals surface area contributed by atoms with E-state index in [1.807, 2.05) is 42.2 Å². The number of amides is 1. The third-order valence-electron chi connectivity index (χ3n) is 5.13. The van der Waals surface area contributed by atoms with Gasteiger partial charge in [-0.1, -0.05) is 42.5 Å². The highest BCUT2D eigenvalue weighted by atomic mass is 32.2. The third kappa shape index (κ3) is 4.52. The summed E-state index contributed by atoms with van der Waals surface area (Å²) < 4.78 is 25.0. The Morgan fingerprint density at radius 2 is 1.62 bits per heavy atom. The summed E-state index contributed by atoms with van der Waals surface area (Å²) in [6.45, 7) is 3.29. The monoisotopic (exact) mass is 371 g/mol. The smallest absolute Gasteiger partial charge is 0.226 e. The molecule has 1 amide bonds. The Bertz CT molecular complexity index is 854. The molecule has 0 unspecified atom stereocenters. The maximum absolute atomic E-state index is 12.5. The van der Waals surface area contributed by atoms with Crippen LogP contribution in [0.2, 0.25) is 0 Å². The number of hydrogen-bond donors (Lipinski definition) is 0. The van der Waals surface area contributed by atoms with E-state index in [1.54, 1.807) is 24.3 Å². The number of nitrogens with zero attached hydrogens (tertiary/aromatic N) is 1. The second-order valence-corrected chi connectivity index (χ2v) is 9.06. The molecule has 1 aliphatic rings. The molecule has 0 aliphatic carbocycles. The third-order valence-corrected chi connectivity index (χ3v) is 7.03. The number of carbonyl (C=O) groups is 1. The van der Waals surface area contributed by atoms with E-state index in [9.17, 15) is 13.2 Å². The quantitative estimate of drug-likeness (QED) is 0.811. The van der Waals surface area contributed by atoms with Crippen molar-refractivity contribution in [1.29, 1.82) is 0 Å². The molecule has 2 aromatic carbocycles. The molecule has 1 saturated heterocycles. The van der Waals surface area contributed by atoms with Gasteiger partial charge in [-0.15, -0.1) is 0 Å². The zero-order valence-corrected chi connectivity index (χ0v) is 15.9. The van der Waals surface area contributed by atoms with Gasteiger partial charge in [-0.25, -0.2) is 8.42 Å². The summed E-state index contributed by atoms with van der Waals surface area (Å²) in [7, 11) is -3.26. The lowest BCUT2D eigenvalue weighted by molar-refractivity contribution is -0.131. The van der Waals surface area contributed by atoms with Crippen LogP contribution in [0.1, 0.15) is 24.0 Å². The average molecular weight is 372 g/mol. The predicted octanol–water partition coefficient (Wildman–Crippen LogP) is 3.25. The molecule has 0 spiro atoms. The van der Waals surface area contributed by atoms with Gasteiger partial charge in [0.1, 0.15) is 0 Å². The largest absolute Gasteiger partial charge is 0.342 e. The molecular formula is C21H25NO3S. The van der Waals surface area contributed by atoms with Gasteiger partial charge in [0, 0.05) is 13.1 Å². The molecule has 1 heterocycles. The average Bonchev–Trinajstić information content (AvgIpc) is 2.64. The fourth-order valence-electron chi connectivity index (χ4n) is 3.47. The van der Waals surface area contributed by atoms with Crippen molar-refractivity contribution in [2.75, 3.05) is 18.8 Å². The minimum atomic E-state index is -3.26. The summed E-state index contributed by atoms with van der Waals surface area (Å²) in [5.74, 6) is 0.406. The van der Waals surface area contributed by atoms with E-state index < -0.39 is 9.84 Å². The molecule has 1 aliphatic heterocycles. The molecule has 0 bridgehead atoms. The Kier molecular flexibility index (Phi) is 5.77. The summed E-state index contributed by atoms with van der Waals surface area (Å²) in [6.07, 6.45) is 1.90. The van der Waals surface area contributed by atoms with Gasteiger partial charge in [-0.2, -0.15) is 0 Å². The molecule has 0 aromatic heterocycles. The Labute approximate surface area is 155 Å². The minimum Gasteiger partial charge on any atom is -0.342 e. The van der Waals surface area contributed by atoms with Gasteiger partial charge >= 0.3 is 0 Å². The van der Waals surface area contributed by atoms with E-state index in [4.69, 9.17) is 0 Å². The number of rotatable bonds is 5. The van der Waals surface area contributed by atoms with Gasteiger partial charge in [0.05, 0.1) is 17.1 Å². The molecule has 26 heavy (non-hydrogen) atoms. The van der Waals surface area contributed by atoms with Crippen molar-refractivity contribution in [3.63, 3.8) is 0 Å². The van der Waals surface area contributed by atoms with Crippen LogP contribution >= 0.6 is 0 Å². The van der Waals surface area contributed by atoms with Crippen molar-refractivity contribution < 1.29 is 13.2 Å². The van der Waals surface area contributed by atoms with Crippen molar-refractivity contribution in [2.24, 2.45) is 5.92 Å². The van der Waals surface area contributed by atoms with Crippen LogP contribution in [0.15, 0.2) is 59.5 Å². The zero-order valence-electron chi connectivity index (χ0n) is 15.1. The second-order valence-electron chi connectivity index (χ2n) is 7.02. The number of aryl methyl sites for hydroxylation is 1. The first kappa shape index (κ1) is 18.6. The van der Waals surface area contributed by atoms with Crippen LogP contribution in [-0.2, 0) is 21.1 Å². The van der Waals surface area contributed by atoms with Crippen LogP contribution in [0.25, 0.3) is 0 Å². The van der Waals surface area contributed by atoms with E-state index in [-0.39, 0.29) is 17.6 Å². The normalized spacial score (nSPS) is 15.8. The van der Waals surface area contributed by atoms with Crippen LogP contribution in [0, 0.1) is 12.8 Å². The second kappa shape index (κ2) is 8.04. The Morgan fingerprint density at radius 1 is 1.00 bits per heavy atom. The maximum atomic E-state index is 12.5. The summed E-state index contributed by atoms with van der Waals surface area (Å²) >= 11 is 0. The fourth-order valence-corrected chi connectivity index (χ4v) is 5.18. The number of benzene rings is 2. The highest BCUT2D eigenvalue weighted by Crippen LogP contribution is 2.23. The first-order chi connectivity index (χ1) is 12.5. The first-order valence-corrected chi connectivity index (χ1v) is 10.7. The highest BCUT2D eigenvalue weighted by molar-refractivity contribution is 7.91. The van der Waals surface area contributed by atoms with E-state index >= 15 is 0 Å². The zero-order chi connectivity index (χ0) is 18.6. The minimum absolute atomic E-state index is 0.114. The van der Waals surface area contributed by atoms with Crippen molar-refractivity contribution in [3.05, 3.63) is 65.7 Å². The molecular weight excluding hydrogens is 346 g/mol. The molecule has 0 N–H and O–H groups in total. The number of hydrogen-bond acceptors (Lipinski definition) is 3. The standard InChI is InChI=1S/C21H25NO3S/c1-17-7-5-6-8-19(17)15-21(23)22-13-11-18(12-14-22)16-26(24,25)20-9-3-2-4-10-20/h2-10,18H,11-16H2,1H3. The number of carbonyl (C=O) groups excluding carboxylic acids is 1. The predicted molar refractivity (Wildman–Crippen MR) is 103 cm³/mol. The first-order valence-electron chi connectivity index (χ1n) is 9.06. The van der Waals surface area contributed by atoms with Gasteiger partial charge in [0.2, 0.25) is 5.91 Å². The summed E-state index contributed by atoms with van der Waals surface area (Å²) in [4.78, 5) is 14.8. The van der Waals surface area contributed by atoms with Gasteiger partial charge in [-0.3, -0.25) is 4.79 Å². The maximum Gasteiger partial charge on any atom is 0.226 e. The lowest BCUT2D eigenvalue weighted by Gasteiger charge is -2.32. The number of sulfone groups is 1. The summed E-state index contributed by atoms with van der Waals surface area (Å²) in [6, 6.07) is 16.6. The van der Waals surface area contributed by atoms with Crippen LogP contribution in [0.5, 0.6) is 0 Å². The Hall–Kier alpha value is -2.14. The number of likely N-dealkylation sites (tertiary alicyclic amines) is 1. The van der Waals surface area contributed by atoms with Crippen LogP contribution in [0.3, 0.4) is 0 Å². The molecule has 5 heteroatoms. The van der Waals surface area contributed by atoms with E-state index in [2.05, 4.69) is 0 Å². The van der Waals surface area contributed by atoms with Crippen LogP contribution < -0.4 is 0 Å². The molecule has 3 rings (SSSR count). The van der Waals surface area contributed by atoms with Crippen molar-refractivity contribution in [3.8, 4) is 0 Å². The summed E-state index contributed by atoms with van der Waals surface area (Å²) in [5, 5.41) is 0. The lowest BCUT2D eigenvalue weighted by atomic mass is 9.98. The summed E-state index contributed by atoms with van der Waals surface area (Å²) in [5.41, 5.74) is 2.19. The highest BCUT2D eigenvalue weighted by Gasteiger charge is 2.27. The molecule has 0 atom stereocenters. The topological polar surface area (TPSA) is 54.5 Å². The van der Waals surface area contributed by atoms with E-state index in [0.29, 0.717) is 24.4 Å². The van der Waals surface area contributed by atoms with Gasteiger partial charge in [0.25, 0.3) is 0 Å². The van der Waals surface area contributed by atoms with Crippen molar-refractivity contribution in [1.82, 2.24) is 4.90 Å². The SMILES string of the molecule is Cc1ccccc1CC(=O)N1CCC(CS(=O)(=O)c2ccccc2)CC1.